The summed E-state index contributed by atoms with van der Waals surface area (Å²) in [6.07, 6.45) is 0. The van der Waals surface area contributed by atoms with Crippen molar-refractivity contribution < 1.29 is 0 Å². The van der Waals surface area contributed by atoms with Crippen LogP contribution in [0.3, 0.4) is 0 Å². The van der Waals surface area contributed by atoms with Gasteiger partial charge >= 0.3 is 0 Å². The number of rotatable bonds is 2. The fraction of sp³-hybridized carbons (Fsp3) is 0.400. The molecule has 0 aliphatic heterocycles. The number of nitrogens with zero attached hydrogens (tertiary/aromatic N) is 1. The summed E-state index contributed by atoms with van der Waals surface area (Å²) in [6.45, 7) is 27.7. The fourth-order valence-electron chi connectivity index (χ4n) is 5.66. The highest BCUT2D eigenvalue weighted by atomic mass is 127. The highest BCUT2D eigenvalue weighted by Crippen LogP contribution is 2.40. The molecule has 0 N–H and O–H groups in total. The number of benzene rings is 4. The van der Waals surface area contributed by atoms with E-state index in [9.17, 15) is 0 Å². The van der Waals surface area contributed by atoms with Crippen LogP contribution in [0.5, 0.6) is 0 Å². The zero-order valence-corrected chi connectivity index (χ0v) is 29.9. The molecule has 0 bridgehead atoms. The first-order valence-corrected chi connectivity index (χ1v) is 16.3. The van der Waals surface area contributed by atoms with E-state index >= 15 is 0 Å². The van der Waals surface area contributed by atoms with Crippen LogP contribution in [0.2, 0.25) is 0 Å². The van der Waals surface area contributed by atoms with Gasteiger partial charge in [-0.2, -0.15) is 0 Å². The second-order valence-corrected chi connectivity index (χ2v) is 17.3. The van der Waals surface area contributed by atoms with E-state index in [2.05, 4.69) is 182 Å². The third-order valence-electron chi connectivity index (χ3n) is 8.70. The van der Waals surface area contributed by atoms with Crippen molar-refractivity contribution in [3.63, 3.8) is 0 Å². The van der Waals surface area contributed by atoms with Crippen LogP contribution < -0.4 is 0 Å². The Hall–Kier alpha value is -2.59. The summed E-state index contributed by atoms with van der Waals surface area (Å²) >= 11 is 2.46. The molecule has 2 heteroatoms. The fourth-order valence-corrected chi connectivity index (χ4v) is 6.50. The van der Waals surface area contributed by atoms with Crippen molar-refractivity contribution in [3.05, 3.63) is 95.1 Å². The molecule has 4 aromatic carbocycles. The Morgan fingerprint density at radius 3 is 0.929 bits per heavy atom. The lowest BCUT2D eigenvalue weighted by molar-refractivity contribution is 0.568. The minimum atomic E-state index is 0.0841. The molecule has 1 aromatic heterocycles. The van der Waals surface area contributed by atoms with Crippen molar-refractivity contribution in [1.29, 1.82) is 0 Å². The van der Waals surface area contributed by atoms with Gasteiger partial charge in [-0.3, -0.25) is 2.78 Å². The van der Waals surface area contributed by atoms with Gasteiger partial charge in [-0.1, -0.05) is 132 Å². The maximum absolute atomic E-state index is 2.46. The summed E-state index contributed by atoms with van der Waals surface area (Å²) in [4.78, 5) is 0. The highest BCUT2D eigenvalue weighted by molar-refractivity contribution is 14.1. The summed E-state index contributed by atoms with van der Waals surface area (Å²) in [7, 11) is 0. The summed E-state index contributed by atoms with van der Waals surface area (Å²) in [6, 6.07) is 28.4. The average Bonchev–Trinajstić information content (AvgIpc) is 3.17. The van der Waals surface area contributed by atoms with Gasteiger partial charge in [0, 0.05) is 10.8 Å². The van der Waals surface area contributed by atoms with Crippen molar-refractivity contribution in [2.75, 3.05) is 0 Å². The van der Waals surface area contributed by atoms with E-state index < -0.39 is 0 Å². The van der Waals surface area contributed by atoms with Crippen LogP contribution in [0.25, 0.3) is 44.1 Å². The van der Waals surface area contributed by atoms with Gasteiger partial charge in [-0.05, 0) is 90.4 Å². The van der Waals surface area contributed by atoms with Crippen molar-refractivity contribution >= 4 is 44.7 Å². The number of fused-ring (bicyclic) bond motifs is 3. The maximum Gasteiger partial charge on any atom is 0.0646 e. The largest absolute Gasteiger partial charge is 0.282 e. The van der Waals surface area contributed by atoms with Crippen LogP contribution >= 0.6 is 22.9 Å². The molecule has 220 valence electrons. The van der Waals surface area contributed by atoms with Crippen LogP contribution in [0.1, 0.15) is 105 Å². The molecule has 0 spiro atoms. The first-order chi connectivity index (χ1) is 19.2. The molecule has 0 saturated carbocycles. The molecule has 0 atom stereocenters. The molecule has 0 saturated heterocycles. The Kier molecular flexibility index (Phi) is 7.53. The number of hydrogen-bond donors (Lipinski definition) is 0. The SMILES string of the molecule is CC(C)(C)c1cc(-c2ccc3c(c2)c2cc(-c4cc(C(C)(C)C)cc(C(C)(C)C)c4)ccc2n3I)cc(C(C)(C)C)c1. The minimum absolute atomic E-state index is 0.0841. The Bertz CT molecular complexity index is 1610. The summed E-state index contributed by atoms with van der Waals surface area (Å²) < 4.78 is 2.31. The first-order valence-electron chi connectivity index (χ1n) is 15.3. The lowest BCUT2D eigenvalue weighted by Crippen LogP contribution is -2.16. The highest BCUT2D eigenvalue weighted by Gasteiger charge is 2.23. The molecular weight excluding hydrogens is 621 g/mol. The van der Waals surface area contributed by atoms with Gasteiger partial charge in [0.25, 0.3) is 0 Å². The van der Waals surface area contributed by atoms with E-state index in [4.69, 9.17) is 0 Å². The molecule has 42 heavy (non-hydrogen) atoms. The molecule has 0 fully saturated rings. The van der Waals surface area contributed by atoms with Crippen molar-refractivity contribution in [1.82, 2.24) is 2.78 Å². The molecule has 1 nitrogen and oxygen atoms in total. The predicted octanol–water partition coefficient (Wildman–Crippen LogP) is 12.5. The molecule has 0 aliphatic rings. The quantitative estimate of drug-likeness (QED) is 0.165. The monoisotopic (exact) mass is 669 g/mol. The van der Waals surface area contributed by atoms with Crippen LogP contribution in [0, 0.1) is 0 Å². The molecular formula is C40H48IN. The summed E-state index contributed by atoms with van der Waals surface area (Å²) in [5, 5.41) is 2.61. The van der Waals surface area contributed by atoms with Gasteiger partial charge in [0.15, 0.2) is 0 Å². The van der Waals surface area contributed by atoms with E-state index in [0.717, 1.165) is 0 Å². The number of hydrogen-bond acceptors (Lipinski definition) is 0. The topological polar surface area (TPSA) is 4.93 Å². The Balaban J connectivity index is 1.73. The van der Waals surface area contributed by atoms with Crippen molar-refractivity contribution in [3.8, 4) is 22.3 Å². The molecule has 0 amide bonds. The van der Waals surface area contributed by atoms with E-state index in [0.29, 0.717) is 0 Å². The van der Waals surface area contributed by atoms with Crippen molar-refractivity contribution in [2.45, 2.75) is 105 Å². The lowest BCUT2D eigenvalue weighted by Gasteiger charge is -2.26. The van der Waals surface area contributed by atoms with E-state index in [-0.39, 0.29) is 21.7 Å². The third-order valence-corrected chi connectivity index (χ3v) is 9.74. The Morgan fingerprint density at radius 2 is 0.667 bits per heavy atom. The van der Waals surface area contributed by atoms with Crippen molar-refractivity contribution in [2.24, 2.45) is 0 Å². The summed E-state index contributed by atoms with van der Waals surface area (Å²) in [5.41, 5.74) is 13.5. The molecule has 0 unspecified atom stereocenters. The van der Waals surface area contributed by atoms with Crippen LogP contribution in [-0.4, -0.2) is 2.78 Å². The second-order valence-electron chi connectivity index (χ2n) is 16.3. The summed E-state index contributed by atoms with van der Waals surface area (Å²) in [5.74, 6) is 0. The van der Waals surface area contributed by atoms with Gasteiger partial charge in [-0.25, -0.2) is 0 Å². The Labute approximate surface area is 268 Å². The minimum Gasteiger partial charge on any atom is -0.282 e. The smallest absolute Gasteiger partial charge is 0.0646 e. The maximum atomic E-state index is 2.46. The number of aromatic nitrogens is 1. The molecule has 0 radical (unpaired) electrons. The molecule has 5 aromatic rings. The molecule has 5 rings (SSSR count). The lowest BCUT2D eigenvalue weighted by atomic mass is 9.78. The van der Waals surface area contributed by atoms with Gasteiger partial charge in [-0.15, -0.1) is 0 Å². The van der Waals surface area contributed by atoms with E-state index in [1.807, 2.05) is 0 Å². The van der Waals surface area contributed by atoms with Gasteiger partial charge in [0.2, 0.25) is 0 Å². The van der Waals surface area contributed by atoms with Crippen LogP contribution in [0.15, 0.2) is 72.8 Å². The molecule has 1 heterocycles. The zero-order valence-electron chi connectivity index (χ0n) is 27.8. The van der Waals surface area contributed by atoms with Crippen LogP contribution in [0.4, 0.5) is 0 Å². The average molecular weight is 670 g/mol. The predicted molar refractivity (Wildman–Crippen MR) is 195 cm³/mol. The van der Waals surface area contributed by atoms with Crippen LogP contribution in [-0.2, 0) is 21.7 Å². The van der Waals surface area contributed by atoms with E-state index in [1.54, 1.807) is 0 Å². The second kappa shape index (κ2) is 10.3. The van der Waals surface area contributed by atoms with Gasteiger partial charge in [0.05, 0.1) is 33.9 Å². The molecule has 0 aliphatic carbocycles. The zero-order chi connectivity index (χ0) is 31.0. The third kappa shape index (κ3) is 5.94. The van der Waals surface area contributed by atoms with Gasteiger partial charge < -0.3 is 0 Å². The number of halogens is 1. The normalized spacial score (nSPS) is 13.4. The van der Waals surface area contributed by atoms with Gasteiger partial charge in [0.1, 0.15) is 0 Å². The Morgan fingerprint density at radius 1 is 0.381 bits per heavy atom. The standard InChI is InChI=1S/C40H48IN/c1-37(2,3)29-17-27(18-30(23-29)38(4,5)6)25-13-15-35-33(21-25)34-22-26(14-16-36(34)42(35)41)28-19-31(39(7,8)9)24-32(20-28)40(10,11)12/h13-24H,1-12H3. The first kappa shape index (κ1) is 30.9. The van der Waals surface area contributed by atoms with E-state index in [1.165, 1.54) is 66.3 Å².